The Balaban J connectivity index is 1.77. The van der Waals surface area contributed by atoms with E-state index in [0.29, 0.717) is 19.1 Å². The maximum Gasteiger partial charge on any atom is 0.299 e. The molecule has 1 aromatic carbocycles. The van der Waals surface area contributed by atoms with Crippen LogP contribution in [-0.4, -0.2) is 35.0 Å². The minimum atomic E-state index is -0.537. The molecule has 2 aliphatic rings. The molecule has 0 unspecified atom stereocenters. The number of nitro benzene ring substituents is 2. The Labute approximate surface area is 140 Å². The summed E-state index contributed by atoms with van der Waals surface area (Å²) in [5.41, 5.74) is -0.245. The molecule has 3 rings (SSSR count). The highest BCUT2D eigenvalue weighted by Crippen LogP contribution is 2.39. The van der Waals surface area contributed by atoms with Gasteiger partial charge in [-0.1, -0.05) is 19.3 Å². The van der Waals surface area contributed by atoms with Gasteiger partial charge in [0.2, 0.25) is 0 Å². The van der Waals surface area contributed by atoms with Gasteiger partial charge < -0.3 is 10.2 Å². The van der Waals surface area contributed by atoms with E-state index in [1.165, 1.54) is 50.3 Å². The summed E-state index contributed by atoms with van der Waals surface area (Å²) in [6.45, 7) is 1.16. The molecule has 130 valence electrons. The predicted molar refractivity (Wildman–Crippen MR) is 90.4 cm³/mol. The number of nitrogens with zero attached hydrogens (tertiary/aromatic N) is 3. The van der Waals surface area contributed by atoms with Crippen molar-refractivity contribution >= 4 is 17.1 Å². The number of hydrogen-bond acceptors (Lipinski definition) is 6. The number of benzene rings is 1. The van der Waals surface area contributed by atoms with Gasteiger partial charge in [0, 0.05) is 37.3 Å². The summed E-state index contributed by atoms with van der Waals surface area (Å²) in [6, 6.07) is 4.78. The standard InChI is InChI=1S/C16H22N4O4/c21-19(22)14-7-4-8-15(20(23)24)16(14)18-10-9-13(11-18)17-12-5-2-1-3-6-12/h4,7-8,12-13,17H,1-3,5-6,9-11H2/t13-/m1/s1. The topological polar surface area (TPSA) is 102 Å². The SMILES string of the molecule is O=[N+]([O-])c1cccc([N+](=O)[O-])c1N1CC[C@@H](NC2CCCCC2)C1. The van der Waals surface area contributed by atoms with E-state index < -0.39 is 9.85 Å². The van der Waals surface area contributed by atoms with Crippen molar-refractivity contribution in [3.05, 3.63) is 38.4 Å². The summed E-state index contributed by atoms with van der Waals surface area (Å²) in [7, 11) is 0. The van der Waals surface area contributed by atoms with E-state index in [1.54, 1.807) is 4.90 Å². The third-order valence-electron chi connectivity index (χ3n) is 4.97. The quantitative estimate of drug-likeness (QED) is 0.656. The van der Waals surface area contributed by atoms with E-state index in [2.05, 4.69) is 5.32 Å². The Hall–Kier alpha value is -2.22. The number of hydrogen-bond donors (Lipinski definition) is 1. The molecule has 24 heavy (non-hydrogen) atoms. The largest absolute Gasteiger partial charge is 0.359 e. The van der Waals surface area contributed by atoms with Crippen LogP contribution in [0.2, 0.25) is 0 Å². The molecule has 1 N–H and O–H groups in total. The van der Waals surface area contributed by atoms with Crippen LogP contribution < -0.4 is 10.2 Å². The summed E-state index contributed by atoms with van der Waals surface area (Å²) in [5, 5.41) is 26.2. The van der Waals surface area contributed by atoms with Crippen molar-refractivity contribution in [1.82, 2.24) is 5.32 Å². The molecule has 2 fully saturated rings. The summed E-state index contributed by atoms with van der Waals surface area (Å²) < 4.78 is 0. The lowest BCUT2D eigenvalue weighted by Crippen LogP contribution is -2.41. The third-order valence-corrected chi connectivity index (χ3v) is 4.97. The zero-order chi connectivity index (χ0) is 17.1. The fourth-order valence-electron chi connectivity index (χ4n) is 3.84. The lowest BCUT2D eigenvalue weighted by atomic mass is 9.95. The van der Waals surface area contributed by atoms with Gasteiger partial charge in [-0.25, -0.2) is 0 Å². The Bertz CT molecular complexity index is 598. The van der Waals surface area contributed by atoms with Gasteiger partial charge in [0.05, 0.1) is 9.85 Å². The van der Waals surface area contributed by atoms with Crippen LogP contribution in [0.15, 0.2) is 18.2 Å². The van der Waals surface area contributed by atoms with Gasteiger partial charge in [0.15, 0.2) is 5.69 Å². The number of nitro groups is 2. The minimum Gasteiger partial charge on any atom is -0.359 e. The Kier molecular flexibility index (Phi) is 4.94. The fraction of sp³-hybridized carbons (Fsp3) is 0.625. The van der Waals surface area contributed by atoms with Crippen molar-refractivity contribution in [1.29, 1.82) is 0 Å². The second-order valence-electron chi connectivity index (χ2n) is 6.59. The molecule has 1 saturated carbocycles. The third kappa shape index (κ3) is 3.48. The lowest BCUT2D eigenvalue weighted by Gasteiger charge is -2.26. The maximum absolute atomic E-state index is 11.3. The van der Waals surface area contributed by atoms with Crippen LogP contribution in [0.1, 0.15) is 38.5 Å². The number of nitrogens with one attached hydrogen (secondary N) is 1. The minimum absolute atomic E-state index is 0.139. The van der Waals surface area contributed by atoms with Crippen LogP contribution in [0.25, 0.3) is 0 Å². The van der Waals surface area contributed by atoms with Crippen molar-refractivity contribution in [3.63, 3.8) is 0 Å². The van der Waals surface area contributed by atoms with E-state index in [9.17, 15) is 20.2 Å². The highest BCUT2D eigenvalue weighted by atomic mass is 16.6. The zero-order valence-electron chi connectivity index (χ0n) is 13.5. The first-order valence-corrected chi connectivity index (χ1v) is 8.49. The number of rotatable bonds is 5. The monoisotopic (exact) mass is 334 g/mol. The smallest absolute Gasteiger partial charge is 0.299 e. The van der Waals surface area contributed by atoms with Crippen LogP contribution >= 0.6 is 0 Å². The highest BCUT2D eigenvalue weighted by molar-refractivity contribution is 5.75. The van der Waals surface area contributed by atoms with E-state index in [4.69, 9.17) is 0 Å². The molecule has 8 nitrogen and oxygen atoms in total. The van der Waals surface area contributed by atoms with Crippen LogP contribution in [0, 0.1) is 20.2 Å². The maximum atomic E-state index is 11.3. The molecule has 1 saturated heterocycles. The second kappa shape index (κ2) is 7.12. The molecule has 0 radical (unpaired) electrons. The van der Waals surface area contributed by atoms with Crippen LogP contribution in [0.4, 0.5) is 17.1 Å². The van der Waals surface area contributed by atoms with E-state index in [-0.39, 0.29) is 23.1 Å². The number of anilines is 1. The zero-order valence-corrected chi connectivity index (χ0v) is 13.5. The van der Waals surface area contributed by atoms with E-state index in [1.807, 2.05) is 0 Å². The molecule has 1 atom stereocenters. The lowest BCUT2D eigenvalue weighted by molar-refractivity contribution is -0.392. The van der Waals surface area contributed by atoms with Gasteiger partial charge in [-0.2, -0.15) is 0 Å². The average Bonchev–Trinajstić information content (AvgIpc) is 3.03. The normalized spacial score (nSPS) is 21.8. The Morgan fingerprint density at radius 1 is 0.958 bits per heavy atom. The summed E-state index contributed by atoms with van der Waals surface area (Å²) in [5.74, 6) is 0. The van der Waals surface area contributed by atoms with Gasteiger partial charge in [0.25, 0.3) is 11.4 Å². The van der Waals surface area contributed by atoms with Crippen molar-refractivity contribution in [2.45, 2.75) is 50.6 Å². The molecule has 1 aromatic rings. The first-order chi connectivity index (χ1) is 11.6. The van der Waals surface area contributed by atoms with Gasteiger partial charge in [-0.3, -0.25) is 20.2 Å². The van der Waals surface area contributed by atoms with Crippen molar-refractivity contribution < 1.29 is 9.85 Å². The van der Waals surface area contributed by atoms with Crippen molar-refractivity contribution in [3.8, 4) is 0 Å². The molecule has 8 heteroatoms. The van der Waals surface area contributed by atoms with Crippen molar-refractivity contribution in [2.24, 2.45) is 0 Å². The molecular weight excluding hydrogens is 312 g/mol. The summed E-state index contributed by atoms with van der Waals surface area (Å²) >= 11 is 0. The Morgan fingerprint density at radius 2 is 1.58 bits per heavy atom. The van der Waals surface area contributed by atoms with Gasteiger partial charge in [-0.05, 0) is 25.3 Å². The van der Waals surface area contributed by atoms with Crippen LogP contribution in [0.5, 0.6) is 0 Å². The molecular formula is C16H22N4O4. The van der Waals surface area contributed by atoms with Gasteiger partial charge in [-0.15, -0.1) is 0 Å². The summed E-state index contributed by atoms with van der Waals surface area (Å²) in [6.07, 6.45) is 6.95. The van der Waals surface area contributed by atoms with E-state index >= 15 is 0 Å². The molecule has 0 spiro atoms. The fourth-order valence-corrected chi connectivity index (χ4v) is 3.84. The molecule has 1 aliphatic heterocycles. The van der Waals surface area contributed by atoms with Crippen LogP contribution in [0.3, 0.4) is 0 Å². The first kappa shape index (κ1) is 16.6. The first-order valence-electron chi connectivity index (χ1n) is 8.49. The Morgan fingerprint density at radius 3 is 2.17 bits per heavy atom. The van der Waals surface area contributed by atoms with Crippen LogP contribution in [-0.2, 0) is 0 Å². The average molecular weight is 334 g/mol. The predicted octanol–water partition coefficient (Wildman–Crippen LogP) is 3.00. The molecule has 0 amide bonds. The molecule has 0 aromatic heterocycles. The van der Waals surface area contributed by atoms with Gasteiger partial charge in [0.1, 0.15) is 0 Å². The summed E-state index contributed by atoms with van der Waals surface area (Å²) in [4.78, 5) is 23.3. The highest BCUT2D eigenvalue weighted by Gasteiger charge is 2.34. The molecule has 1 aliphatic carbocycles. The van der Waals surface area contributed by atoms with Crippen molar-refractivity contribution in [2.75, 3.05) is 18.0 Å². The molecule has 1 heterocycles. The van der Waals surface area contributed by atoms with E-state index in [0.717, 1.165) is 6.42 Å². The van der Waals surface area contributed by atoms with Gasteiger partial charge >= 0.3 is 0 Å². The molecule has 0 bridgehead atoms. The second-order valence-corrected chi connectivity index (χ2v) is 6.59. The number of para-hydroxylation sites is 1.